The first-order valence-corrected chi connectivity index (χ1v) is 11.7. The molecule has 2 saturated heterocycles. The molecule has 2 aliphatic rings. The van der Waals surface area contributed by atoms with Gasteiger partial charge in [-0.05, 0) is 56.9 Å². The average molecular weight is 416 g/mol. The molecule has 3 heterocycles. The second-order valence-corrected chi connectivity index (χ2v) is 9.94. The summed E-state index contributed by atoms with van der Waals surface area (Å²) >= 11 is 0. The van der Waals surface area contributed by atoms with Crippen molar-refractivity contribution in [3.8, 4) is 0 Å². The molecule has 4 rings (SSSR count). The summed E-state index contributed by atoms with van der Waals surface area (Å²) in [6.45, 7) is 10.1. The van der Waals surface area contributed by atoms with E-state index in [2.05, 4.69) is 14.8 Å². The quantitative estimate of drug-likeness (QED) is 0.764. The molecule has 0 amide bonds. The van der Waals surface area contributed by atoms with Gasteiger partial charge in [-0.3, -0.25) is 0 Å². The minimum atomic E-state index is -3.48. The van der Waals surface area contributed by atoms with Crippen molar-refractivity contribution in [2.24, 2.45) is 0 Å². The van der Waals surface area contributed by atoms with E-state index in [1.165, 1.54) is 12.8 Å². The molecule has 2 aliphatic heterocycles. The van der Waals surface area contributed by atoms with Gasteiger partial charge in [0, 0.05) is 51.0 Å². The number of sulfonamides is 1. The highest BCUT2D eigenvalue weighted by Crippen LogP contribution is 2.24. The van der Waals surface area contributed by atoms with Crippen molar-refractivity contribution in [2.75, 3.05) is 49.1 Å². The molecule has 1 aromatic carbocycles. The SMILES string of the molecule is Cc1cc(N2CCCC2)nc(N2CCN(S(=O)(=O)c3ccc(C)c(C)c3)CC2)n1. The Hall–Kier alpha value is -2.19. The van der Waals surface area contributed by atoms with Crippen LogP contribution in [0.15, 0.2) is 29.2 Å². The molecule has 0 unspecified atom stereocenters. The first-order chi connectivity index (χ1) is 13.8. The molecule has 7 nitrogen and oxygen atoms in total. The molecule has 1 aromatic heterocycles. The Labute approximate surface area is 173 Å². The summed E-state index contributed by atoms with van der Waals surface area (Å²) in [5.74, 6) is 1.69. The van der Waals surface area contributed by atoms with E-state index in [9.17, 15) is 8.42 Å². The Morgan fingerprint density at radius 3 is 2.14 bits per heavy atom. The predicted molar refractivity (Wildman–Crippen MR) is 115 cm³/mol. The van der Waals surface area contributed by atoms with E-state index in [-0.39, 0.29) is 0 Å². The molecular weight excluding hydrogens is 386 g/mol. The molecule has 0 spiro atoms. The fourth-order valence-corrected chi connectivity index (χ4v) is 5.45. The van der Waals surface area contributed by atoms with Crippen LogP contribution in [0.4, 0.5) is 11.8 Å². The molecule has 0 aliphatic carbocycles. The lowest BCUT2D eigenvalue weighted by Gasteiger charge is -2.34. The Morgan fingerprint density at radius 2 is 1.48 bits per heavy atom. The van der Waals surface area contributed by atoms with E-state index in [1.54, 1.807) is 16.4 Å². The number of anilines is 2. The Morgan fingerprint density at radius 1 is 0.793 bits per heavy atom. The lowest BCUT2D eigenvalue weighted by molar-refractivity contribution is 0.382. The number of nitrogens with zero attached hydrogens (tertiary/aromatic N) is 5. The second kappa shape index (κ2) is 7.91. The highest BCUT2D eigenvalue weighted by molar-refractivity contribution is 7.89. The number of rotatable bonds is 4. The summed E-state index contributed by atoms with van der Waals surface area (Å²) in [7, 11) is -3.48. The lowest BCUT2D eigenvalue weighted by Crippen LogP contribution is -2.49. The van der Waals surface area contributed by atoms with Crippen LogP contribution in [0.5, 0.6) is 0 Å². The van der Waals surface area contributed by atoms with Gasteiger partial charge < -0.3 is 9.80 Å². The fraction of sp³-hybridized carbons (Fsp3) is 0.524. The van der Waals surface area contributed by atoms with E-state index in [1.807, 2.05) is 32.9 Å². The lowest BCUT2D eigenvalue weighted by atomic mass is 10.1. The van der Waals surface area contributed by atoms with Gasteiger partial charge in [0.1, 0.15) is 5.82 Å². The van der Waals surface area contributed by atoms with Gasteiger partial charge in [0.05, 0.1) is 4.90 Å². The zero-order chi connectivity index (χ0) is 20.6. The highest BCUT2D eigenvalue weighted by atomic mass is 32.2. The molecule has 0 N–H and O–H groups in total. The molecule has 0 saturated carbocycles. The number of aromatic nitrogens is 2. The van der Waals surface area contributed by atoms with Gasteiger partial charge in [-0.2, -0.15) is 9.29 Å². The molecule has 156 valence electrons. The Bertz CT molecular complexity index is 994. The number of piperazine rings is 1. The average Bonchev–Trinajstić information content (AvgIpc) is 3.24. The maximum absolute atomic E-state index is 13.0. The third-order valence-corrected chi connectivity index (χ3v) is 7.79. The van der Waals surface area contributed by atoms with Gasteiger partial charge in [-0.15, -0.1) is 0 Å². The largest absolute Gasteiger partial charge is 0.356 e. The zero-order valence-corrected chi connectivity index (χ0v) is 18.2. The van der Waals surface area contributed by atoms with Gasteiger partial charge >= 0.3 is 0 Å². The van der Waals surface area contributed by atoms with Crippen LogP contribution in [0.2, 0.25) is 0 Å². The summed E-state index contributed by atoms with van der Waals surface area (Å²) in [4.78, 5) is 14.2. The monoisotopic (exact) mass is 415 g/mol. The zero-order valence-electron chi connectivity index (χ0n) is 17.4. The molecule has 8 heteroatoms. The minimum Gasteiger partial charge on any atom is -0.356 e. The van der Waals surface area contributed by atoms with E-state index in [0.29, 0.717) is 37.0 Å². The van der Waals surface area contributed by atoms with Crippen LogP contribution in [0, 0.1) is 20.8 Å². The van der Waals surface area contributed by atoms with E-state index < -0.39 is 10.0 Å². The van der Waals surface area contributed by atoms with Crippen molar-refractivity contribution in [1.29, 1.82) is 0 Å². The fourth-order valence-electron chi connectivity index (χ4n) is 3.94. The van der Waals surface area contributed by atoms with Crippen molar-refractivity contribution >= 4 is 21.8 Å². The van der Waals surface area contributed by atoms with E-state index in [0.717, 1.165) is 35.7 Å². The van der Waals surface area contributed by atoms with Crippen molar-refractivity contribution in [3.05, 3.63) is 41.1 Å². The molecule has 0 radical (unpaired) electrons. The normalized spacial score (nSPS) is 18.4. The summed E-state index contributed by atoms with van der Waals surface area (Å²) in [5, 5.41) is 0. The summed E-state index contributed by atoms with van der Waals surface area (Å²) in [6.07, 6.45) is 2.40. The standard InChI is InChI=1S/C21H29N5O2S/c1-16-6-7-19(14-17(16)2)29(27,28)26-12-10-25(11-13-26)21-22-18(3)15-20(23-21)24-8-4-5-9-24/h6-7,14-15H,4-5,8-13H2,1-3H3. The van der Waals surface area contributed by atoms with Crippen molar-refractivity contribution in [3.63, 3.8) is 0 Å². The van der Waals surface area contributed by atoms with Crippen LogP contribution in [0.1, 0.15) is 29.7 Å². The maximum Gasteiger partial charge on any atom is 0.243 e. The number of hydrogen-bond acceptors (Lipinski definition) is 6. The van der Waals surface area contributed by atoms with E-state index >= 15 is 0 Å². The van der Waals surface area contributed by atoms with E-state index in [4.69, 9.17) is 4.98 Å². The van der Waals surface area contributed by atoms with Crippen molar-refractivity contribution in [2.45, 2.75) is 38.5 Å². The van der Waals surface area contributed by atoms with Gasteiger partial charge in [-0.1, -0.05) is 6.07 Å². The third-order valence-electron chi connectivity index (χ3n) is 5.90. The van der Waals surface area contributed by atoms with Gasteiger partial charge in [-0.25, -0.2) is 13.4 Å². The van der Waals surface area contributed by atoms with Crippen LogP contribution < -0.4 is 9.80 Å². The molecule has 0 bridgehead atoms. The first-order valence-electron chi connectivity index (χ1n) is 10.3. The predicted octanol–water partition coefficient (Wildman–Crippen LogP) is 2.51. The number of hydrogen-bond donors (Lipinski definition) is 0. The van der Waals surface area contributed by atoms with Gasteiger partial charge in [0.15, 0.2) is 0 Å². The smallest absolute Gasteiger partial charge is 0.243 e. The summed E-state index contributed by atoms with van der Waals surface area (Å²) in [5.41, 5.74) is 3.04. The Balaban J connectivity index is 1.48. The second-order valence-electron chi connectivity index (χ2n) is 8.00. The van der Waals surface area contributed by atoms with Crippen LogP contribution in [-0.2, 0) is 10.0 Å². The summed E-state index contributed by atoms with van der Waals surface area (Å²) in [6, 6.07) is 7.38. The summed E-state index contributed by atoms with van der Waals surface area (Å²) < 4.78 is 27.7. The van der Waals surface area contributed by atoms with Crippen molar-refractivity contribution < 1.29 is 8.42 Å². The van der Waals surface area contributed by atoms with Gasteiger partial charge in [0.25, 0.3) is 0 Å². The van der Waals surface area contributed by atoms with Crippen LogP contribution in [0.25, 0.3) is 0 Å². The highest BCUT2D eigenvalue weighted by Gasteiger charge is 2.30. The van der Waals surface area contributed by atoms with Gasteiger partial charge in [0.2, 0.25) is 16.0 Å². The molecule has 2 aromatic rings. The molecular formula is C21H29N5O2S. The maximum atomic E-state index is 13.0. The van der Waals surface area contributed by atoms with Crippen LogP contribution in [0.3, 0.4) is 0 Å². The third kappa shape index (κ3) is 4.09. The minimum absolute atomic E-state index is 0.372. The topological polar surface area (TPSA) is 69.6 Å². The number of aryl methyl sites for hydroxylation is 3. The number of benzene rings is 1. The molecule has 0 atom stereocenters. The van der Waals surface area contributed by atoms with Crippen LogP contribution in [-0.4, -0.2) is 62.0 Å². The molecule has 2 fully saturated rings. The van der Waals surface area contributed by atoms with Crippen LogP contribution >= 0.6 is 0 Å². The first kappa shape index (κ1) is 20.1. The molecule has 29 heavy (non-hydrogen) atoms. The van der Waals surface area contributed by atoms with Crippen molar-refractivity contribution in [1.82, 2.24) is 14.3 Å². The Kier molecular flexibility index (Phi) is 5.48.